The third kappa shape index (κ3) is 3.05. The number of hydrogen-bond acceptors (Lipinski definition) is 6. The summed E-state index contributed by atoms with van der Waals surface area (Å²) in [5.74, 6) is -0.142. The highest BCUT2D eigenvalue weighted by molar-refractivity contribution is 7.17. The van der Waals surface area contributed by atoms with Crippen molar-refractivity contribution in [1.82, 2.24) is 15.4 Å². The smallest absolute Gasteiger partial charge is 0.332 e. The van der Waals surface area contributed by atoms with Crippen LogP contribution in [0, 0.1) is 0 Å². The topological polar surface area (TPSA) is 113 Å². The lowest BCUT2D eigenvalue weighted by atomic mass is 10.3. The number of rotatable bonds is 3. The molecule has 2 aromatic rings. The third-order valence-corrected chi connectivity index (χ3v) is 3.38. The maximum absolute atomic E-state index is 10.6. The van der Waals surface area contributed by atoms with E-state index in [1.165, 1.54) is 11.3 Å². The number of carbonyl (C=O) groups is 1. The number of aromatic hydroxyl groups is 1. The first kappa shape index (κ1) is 13.0. The van der Waals surface area contributed by atoms with E-state index in [1.807, 2.05) is 6.07 Å². The Morgan fingerprint density at radius 2 is 2.37 bits per heavy atom. The SMILES string of the molecule is CC(=NNC(N)=O)c1sc(-c2cccnc2)nc1O. The van der Waals surface area contributed by atoms with Gasteiger partial charge in [-0.3, -0.25) is 4.98 Å². The molecule has 2 rings (SSSR count). The van der Waals surface area contributed by atoms with Crippen molar-refractivity contribution < 1.29 is 9.90 Å². The molecule has 7 nitrogen and oxygen atoms in total. The molecular weight excluding hydrogens is 266 g/mol. The van der Waals surface area contributed by atoms with Crippen LogP contribution in [0.5, 0.6) is 5.88 Å². The van der Waals surface area contributed by atoms with Gasteiger partial charge < -0.3 is 10.8 Å². The molecule has 0 fully saturated rings. The first-order chi connectivity index (χ1) is 9.08. The largest absolute Gasteiger partial charge is 0.492 e. The van der Waals surface area contributed by atoms with Crippen LogP contribution in [0.15, 0.2) is 29.6 Å². The average Bonchev–Trinajstić information content (AvgIpc) is 2.79. The molecule has 4 N–H and O–H groups in total. The van der Waals surface area contributed by atoms with Gasteiger partial charge >= 0.3 is 6.03 Å². The standard InChI is InChI=1S/C11H11N5O2S/c1-6(15-16-11(12)18)8-9(17)14-10(19-8)7-3-2-4-13-5-7/h2-5,17H,1H3,(H3,12,16,18). The summed E-state index contributed by atoms with van der Waals surface area (Å²) in [7, 11) is 0. The Morgan fingerprint density at radius 3 is 3.00 bits per heavy atom. The molecule has 2 heterocycles. The summed E-state index contributed by atoms with van der Waals surface area (Å²) in [6.45, 7) is 1.64. The van der Waals surface area contributed by atoms with Crippen molar-refractivity contribution in [1.29, 1.82) is 0 Å². The molecule has 19 heavy (non-hydrogen) atoms. The summed E-state index contributed by atoms with van der Waals surface area (Å²) in [6.07, 6.45) is 3.30. The van der Waals surface area contributed by atoms with Crippen LogP contribution in [0.4, 0.5) is 4.79 Å². The first-order valence-corrected chi connectivity index (χ1v) is 6.10. The molecule has 8 heteroatoms. The number of amides is 2. The third-order valence-electron chi connectivity index (χ3n) is 2.18. The second kappa shape index (κ2) is 5.44. The number of nitrogens with two attached hydrogens (primary N) is 1. The lowest BCUT2D eigenvalue weighted by Crippen LogP contribution is -2.25. The van der Waals surface area contributed by atoms with Crippen molar-refractivity contribution in [2.75, 3.05) is 0 Å². The molecule has 0 spiro atoms. The highest BCUT2D eigenvalue weighted by Crippen LogP contribution is 2.31. The highest BCUT2D eigenvalue weighted by atomic mass is 32.1. The van der Waals surface area contributed by atoms with Gasteiger partial charge in [0.05, 0.1) is 5.71 Å². The number of nitrogens with zero attached hydrogens (tertiary/aromatic N) is 3. The number of hydrazone groups is 1. The van der Waals surface area contributed by atoms with Crippen molar-refractivity contribution in [3.05, 3.63) is 29.4 Å². The van der Waals surface area contributed by atoms with Crippen molar-refractivity contribution in [2.45, 2.75) is 6.92 Å². The average molecular weight is 277 g/mol. The Morgan fingerprint density at radius 1 is 1.58 bits per heavy atom. The molecule has 0 aliphatic heterocycles. The van der Waals surface area contributed by atoms with E-state index >= 15 is 0 Å². The van der Waals surface area contributed by atoms with E-state index in [2.05, 4.69) is 20.5 Å². The van der Waals surface area contributed by atoms with Crippen LogP contribution in [-0.2, 0) is 0 Å². The van der Waals surface area contributed by atoms with Gasteiger partial charge in [-0.1, -0.05) is 0 Å². The van der Waals surface area contributed by atoms with Crippen LogP contribution in [0.25, 0.3) is 10.6 Å². The number of nitrogens with one attached hydrogen (secondary N) is 1. The Kier molecular flexibility index (Phi) is 3.71. The van der Waals surface area contributed by atoms with Gasteiger partial charge in [0, 0.05) is 18.0 Å². The molecule has 98 valence electrons. The summed E-state index contributed by atoms with van der Waals surface area (Å²) in [5.41, 5.74) is 8.23. The molecule has 0 atom stereocenters. The Bertz CT molecular complexity index is 623. The maximum atomic E-state index is 10.6. The van der Waals surface area contributed by atoms with E-state index < -0.39 is 6.03 Å². The monoisotopic (exact) mass is 277 g/mol. The maximum Gasteiger partial charge on any atom is 0.332 e. The molecule has 2 aromatic heterocycles. The zero-order chi connectivity index (χ0) is 13.8. The summed E-state index contributed by atoms with van der Waals surface area (Å²) in [5, 5.41) is 14.2. The van der Waals surface area contributed by atoms with Crippen molar-refractivity contribution in [2.24, 2.45) is 10.8 Å². The van der Waals surface area contributed by atoms with Crippen LogP contribution < -0.4 is 11.2 Å². The molecular formula is C11H11N5O2S. The lowest BCUT2D eigenvalue weighted by Gasteiger charge is -1.96. The number of urea groups is 1. The van der Waals surface area contributed by atoms with Gasteiger partial charge in [0.1, 0.15) is 9.88 Å². The second-order valence-electron chi connectivity index (χ2n) is 3.59. The Labute approximate surface area is 112 Å². The van der Waals surface area contributed by atoms with E-state index in [9.17, 15) is 9.90 Å². The summed E-state index contributed by atoms with van der Waals surface area (Å²) >= 11 is 1.25. The first-order valence-electron chi connectivity index (χ1n) is 5.28. The van der Waals surface area contributed by atoms with Gasteiger partial charge in [-0.05, 0) is 19.1 Å². The molecule has 2 amide bonds. The van der Waals surface area contributed by atoms with Gasteiger partial charge in [0.15, 0.2) is 0 Å². The number of pyridine rings is 1. The number of aromatic nitrogens is 2. The van der Waals surface area contributed by atoms with E-state index in [0.29, 0.717) is 15.6 Å². The molecule has 0 unspecified atom stereocenters. The zero-order valence-corrected chi connectivity index (χ0v) is 10.8. The fourth-order valence-electron chi connectivity index (χ4n) is 1.35. The molecule has 0 aliphatic rings. The van der Waals surface area contributed by atoms with Crippen molar-refractivity contribution >= 4 is 23.1 Å². The van der Waals surface area contributed by atoms with E-state index in [1.54, 1.807) is 25.4 Å². The Balaban J connectivity index is 2.32. The molecule has 0 saturated carbocycles. The zero-order valence-electron chi connectivity index (χ0n) is 9.99. The number of carbonyl (C=O) groups excluding carboxylic acids is 1. The normalized spacial score (nSPS) is 11.3. The molecule has 0 saturated heterocycles. The summed E-state index contributed by atoms with van der Waals surface area (Å²) < 4.78 is 0. The van der Waals surface area contributed by atoms with Gasteiger partial charge in [0.2, 0.25) is 5.88 Å². The van der Waals surface area contributed by atoms with Crippen LogP contribution in [-0.4, -0.2) is 26.8 Å². The summed E-state index contributed by atoms with van der Waals surface area (Å²) in [4.78, 5) is 19.1. The van der Waals surface area contributed by atoms with Crippen molar-refractivity contribution in [3.63, 3.8) is 0 Å². The highest BCUT2D eigenvalue weighted by Gasteiger charge is 2.14. The van der Waals surface area contributed by atoms with Crippen molar-refractivity contribution in [3.8, 4) is 16.5 Å². The van der Waals surface area contributed by atoms with E-state index in [4.69, 9.17) is 5.73 Å². The fourth-order valence-corrected chi connectivity index (χ4v) is 2.24. The Hall–Kier alpha value is -2.48. The number of hydrogen-bond donors (Lipinski definition) is 3. The lowest BCUT2D eigenvalue weighted by molar-refractivity contribution is 0.249. The van der Waals surface area contributed by atoms with Crippen LogP contribution in [0.2, 0.25) is 0 Å². The number of thiazole rings is 1. The minimum absolute atomic E-state index is 0.142. The molecule has 0 aromatic carbocycles. The molecule has 0 radical (unpaired) electrons. The second-order valence-corrected chi connectivity index (χ2v) is 4.59. The van der Waals surface area contributed by atoms with Gasteiger partial charge in [-0.2, -0.15) is 5.10 Å². The van der Waals surface area contributed by atoms with E-state index in [0.717, 1.165) is 5.56 Å². The summed E-state index contributed by atoms with van der Waals surface area (Å²) in [6, 6.07) is 2.85. The minimum Gasteiger partial charge on any atom is -0.492 e. The predicted molar refractivity (Wildman–Crippen MR) is 71.9 cm³/mol. The minimum atomic E-state index is -0.768. The predicted octanol–water partition coefficient (Wildman–Crippen LogP) is 1.30. The van der Waals surface area contributed by atoms with Crippen LogP contribution >= 0.6 is 11.3 Å². The van der Waals surface area contributed by atoms with Gasteiger partial charge in [0.25, 0.3) is 0 Å². The quantitative estimate of drug-likeness (QED) is 0.579. The fraction of sp³-hybridized carbons (Fsp3) is 0.0909. The van der Waals surface area contributed by atoms with E-state index in [-0.39, 0.29) is 5.88 Å². The van der Waals surface area contributed by atoms with Gasteiger partial charge in [-0.25, -0.2) is 15.2 Å². The van der Waals surface area contributed by atoms with Crippen LogP contribution in [0.3, 0.4) is 0 Å². The molecule has 0 aliphatic carbocycles. The van der Waals surface area contributed by atoms with Gasteiger partial charge in [-0.15, -0.1) is 11.3 Å². The number of primary amides is 1. The molecule has 0 bridgehead atoms. The van der Waals surface area contributed by atoms with Crippen LogP contribution in [0.1, 0.15) is 11.8 Å².